The van der Waals surface area contributed by atoms with Gasteiger partial charge in [-0.2, -0.15) is 0 Å². The molecule has 1 aliphatic heterocycles. The Hall–Kier alpha value is -1.26. The minimum atomic E-state index is -0.228. The van der Waals surface area contributed by atoms with Crippen LogP contribution in [0.3, 0.4) is 0 Å². The van der Waals surface area contributed by atoms with Gasteiger partial charge in [-0.05, 0) is 56.8 Å². The second-order valence-corrected chi connectivity index (χ2v) is 7.17. The van der Waals surface area contributed by atoms with E-state index >= 15 is 0 Å². The molecule has 1 saturated heterocycles. The summed E-state index contributed by atoms with van der Waals surface area (Å²) in [4.78, 5) is 25.6. The number of carbonyl (C=O) groups is 2. The predicted octanol–water partition coefficient (Wildman–Crippen LogP) is 2.55. The summed E-state index contributed by atoms with van der Waals surface area (Å²) in [6.07, 6.45) is 7.49. The topological polar surface area (TPSA) is 58.6 Å². The van der Waals surface area contributed by atoms with Crippen LogP contribution in [0.5, 0.6) is 0 Å². The van der Waals surface area contributed by atoms with Crippen LogP contribution in [0, 0.1) is 17.8 Å². The van der Waals surface area contributed by atoms with E-state index < -0.39 is 0 Å². The van der Waals surface area contributed by atoms with Gasteiger partial charge in [0, 0.05) is 25.6 Å². The van der Waals surface area contributed by atoms with Gasteiger partial charge in [0.15, 0.2) is 0 Å². The van der Waals surface area contributed by atoms with Gasteiger partial charge < -0.3 is 15.0 Å². The quantitative estimate of drug-likeness (QED) is 0.868. The van der Waals surface area contributed by atoms with E-state index in [4.69, 9.17) is 4.74 Å². The highest BCUT2D eigenvalue weighted by Crippen LogP contribution is 2.49. The highest BCUT2D eigenvalue weighted by atomic mass is 16.6. The van der Waals surface area contributed by atoms with Gasteiger partial charge in [-0.1, -0.05) is 6.42 Å². The number of hydrogen-bond acceptors (Lipinski definition) is 3. The molecule has 3 fully saturated rings. The SMILES string of the molecule is CCOC(=O)N1CCC(NC(=O)CC2CC3CCC2C3)CC1. The Morgan fingerprint density at radius 3 is 2.50 bits per heavy atom. The van der Waals surface area contributed by atoms with Crippen LogP contribution in [0.4, 0.5) is 4.79 Å². The van der Waals surface area contributed by atoms with Gasteiger partial charge in [0.1, 0.15) is 0 Å². The van der Waals surface area contributed by atoms with Crippen molar-refractivity contribution in [2.45, 2.75) is 57.9 Å². The molecule has 3 unspecified atom stereocenters. The molecule has 0 aromatic carbocycles. The van der Waals surface area contributed by atoms with Crippen molar-refractivity contribution in [1.82, 2.24) is 10.2 Å². The molecule has 1 heterocycles. The van der Waals surface area contributed by atoms with Gasteiger partial charge >= 0.3 is 6.09 Å². The van der Waals surface area contributed by atoms with Crippen LogP contribution >= 0.6 is 0 Å². The zero-order valence-corrected chi connectivity index (χ0v) is 13.6. The van der Waals surface area contributed by atoms with Crippen LogP contribution in [0.2, 0.25) is 0 Å². The summed E-state index contributed by atoms with van der Waals surface area (Å²) in [7, 11) is 0. The van der Waals surface area contributed by atoms with E-state index in [-0.39, 0.29) is 18.0 Å². The number of ether oxygens (including phenoxy) is 1. The van der Waals surface area contributed by atoms with Crippen LogP contribution < -0.4 is 5.32 Å². The predicted molar refractivity (Wildman–Crippen MR) is 83.3 cm³/mol. The standard InChI is InChI=1S/C17H28N2O3/c1-2-22-17(21)19-7-5-15(6-8-19)18-16(20)11-14-10-12-3-4-13(14)9-12/h12-15H,2-11H2,1H3,(H,18,20). The molecule has 22 heavy (non-hydrogen) atoms. The number of rotatable bonds is 4. The summed E-state index contributed by atoms with van der Waals surface area (Å²) in [5, 5.41) is 3.18. The number of hydrogen-bond donors (Lipinski definition) is 1. The number of piperidine rings is 1. The van der Waals surface area contributed by atoms with Crippen molar-refractivity contribution in [2.24, 2.45) is 17.8 Å². The summed E-state index contributed by atoms with van der Waals surface area (Å²) in [5.74, 6) is 2.54. The molecule has 0 spiro atoms. The molecule has 2 bridgehead atoms. The maximum atomic E-state index is 12.2. The van der Waals surface area contributed by atoms with E-state index in [0.717, 1.165) is 24.7 Å². The Balaban J connectivity index is 1.37. The molecule has 3 atom stereocenters. The minimum Gasteiger partial charge on any atom is -0.450 e. The van der Waals surface area contributed by atoms with Gasteiger partial charge in [-0.3, -0.25) is 4.79 Å². The van der Waals surface area contributed by atoms with Crippen molar-refractivity contribution >= 4 is 12.0 Å². The molecule has 5 heteroatoms. The zero-order chi connectivity index (χ0) is 15.5. The summed E-state index contributed by atoms with van der Waals surface area (Å²) < 4.78 is 5.01. The fourth-order valence-corrected chi connectivity index (χ4v) is 4.57. The van der Waals surface area contributed by atoms with E-state index in [9.17, 15) is 9.59 Å². The van der Waals surface area contributed by atoms with Crippen LogP contribution in [0.1, 0.15) is 51.9 Å². The summed E-state index contributed by atoms with van der Waals surface area (Å²) >= 11 is 0. The Morgan fingerprint density at radius 2 is 1.91 bits per heavy atom. The van der Waals surface area contributed by atoms with Crippen LogP contribution in [-0.4, -0.2) is 42.6 Å². The molecule has 2 amide bonds. The van der Waals surface area contributed by atoms with Crippen LogP contribution in [0.25, 0.3) is 0 Å². The third-order valence-electron chi connectivity index (χ3n) is 5.72. The molecule has 3 aliphatic rings. The fraction of sp³-hybridized carbons (Fsp3) is 0.882. The van der Waals surface area contributed by atoms with Gasteiger partial charge in [0.2, 0.25) is 5.91 Å². The lowest BCUT2D eigenvalue weighted by Gasteiger charge is -2.32. The molecule has 5 nitrogen and oxygen atoms in total. The van der Waals surface area contributed by atoms with Gasteiger partial charge in [-0.15, -0.1) is 0 Å². The highest BCUT2D eigenvalue weighted by Gasteiger charge is 2.40. The summed E-state index contributed by atoms with van der Waals surface area (Å²) in [6, 6.07) is 0.219. The summed E-state index contributed by atoms with van der Waals surface area (Å²) in [5.41, 5.74) is 0. The average molecular weight is 308 g/mol. The number of carbonyl (C=O) groups excluding carboxylic acids is 2. The third kappa shape index (κ3) is 3.55. The fourth-order valence-electron chi connectivity index (χ4n) is 4.57. The molecular weight excluding hydrogens is 280 g/mol. The van der Waals surface area contributed by atoms with E-state index in [1.54, 1.807) is 4.90 Å². The van der Waals surface area contributed by atoms with Crippen molar-refractivity contribution in [3.63, 3.8) is 0 Å². The first-order valence-corrected chi connectivity index (χ1v) is 8.86. The Kier molecular flexibility index (Phi) is 4.89. The second-order valence-electron chi connectivity index (χ2n) is 7.17. The van der Waals surface area contributed by atoms with Crippen molar-refractivity contribution in [1.29, 1.82) is 0 Å². The molecule has 124 valence electrons. The number of nitrogens with one attached hydrogen (secondary N) is 1. The first-order chi connectivity index (χ1) is 10.7. The zero-order valence-electron chi connectivity index (χ0n) is 13.6. The Labute approximate surface area is 132 Å². The Bertz CT molecular complexity index is 418. The van der Waals surface area contributed by atoms with E-state index in [0.29, 0.717) is 32.0 Å². The number of fused-ring (bicyclic) bond motifs is 2. The normalized spacial score (nSPS) is 31.3. The molecule has 0 radical (unpaired) electrons. The lowest BCUT2D eigenvalue weighted by molar-refractivity contribution is -0.123. The molecule has 3 rings (SSSR count). The minimum absolute atomic E-state index is 0.215. The molecule has 2 saturated carbocycles. The van der Waals surface area contributed by atoms with Crippen LogP contribution in [0.15, 0.2) is 0 Å². The average Bonchev–Trinajstić information content (AvgIpc) is 3.10. The lowest BCUT2D eigenvalue weighted by atomic mass is 9.86. The van der Waals surface area contributed by atoms with Crippen LogP contribution in [-0.2, 0) is 9.53 Å². The number of amides is 2. The van der Waals surface area contributed by atoms with Gasteiger partial charge in [-0.25, -0.2) is 4.79 Å². The first kappa shape index (κ1) is 15.6. The van der Waals surface area contributed by atoms with E-state index in [2.05, 4.69) is 5.32 Å². The molecule has 0 aromatic heterocycles. The smallest absolute Gasteiger partial charge is 0.409 e. The molecule has 1 N–H and O–H groups in total. The third-order valence-corrected chi connectivity index (χ3v) is 5.72. The molecular formula is C17H28N2O3. The van der Waals surface area contributed by atoms with Crippen molar-refractivity contribution in [3.8, 4) is 0 Å². The highest BCUT2D eigenvalue weighted by molar-refractivity contribution is 5.76. The maximum absolute atomic E-state index is 12.2. The van der Waals surface area contributed by atoms with Gasteiger partial charge in [0.05, 0.1) is 6.61 Å². The van der Waals surface area contributed by atoms with E-state index in [1.165, 1.54) is 25.7 Å². The molecule has 0 aromatic rings. The van der Waals surface area contributed by atoms with Crippen molar-refractivity contribution in [3.05, 3.63) is 0 Å². The number of likely N-dealkylation sites (tertiary alicyclic amines) is 1. The Morgan fingerprint density at radius 1 is 1.14 bits per heavy atom. The monoisotopic (exact) mass is 308 g/mol. The largest absolute Gasteiger partial charge is 0.450 e. The van der Waals surface area contributed by atoms with Crippen molar-refractivity contribution < 1.29 is 14.3 Å². The second kappa shape index (κ2) is 6.88. The van der Waals surface area contributed by atoms with Gasteiger partial charge in [0.25, 0.3) is 0 Å². The summed E-state index contributed by atoms with van der Waals surface area (Å²) in [6.45, 7) is 3.59. The molecule has 2 aliphatic carbocycles. The number of nitrogens with zero attached hydrogens (tertiary/aromatic N) is 1. The van der Waals surface area contributed by atoms with E-state index in [1.807, 2.05) is 6.92 Å². The van der Waals surface area contributed by atoms with Crippen molar-refractivity contribution in [2.75, 3.05) is 19.7 Å². The first-order valence-electron chi connectivity index (χ1n) is 8.86. The maximum Gasteiger partial charge on any atom is 0.409 e. The lowest BCUT2D eigenvalue weighted by Crippen LogP contribution is -2.47.